The van der Waals surface area contributed by atoms with Crippen molar-refractivity contribution in [1.82, 2.24) is 9.88 Å². The van der Waals surface area contributed by atoms with Crippen LogP contribution < -0.4 is 0 Å². The van der Waals surface area contributed by atoms with Crippen LogP contribution in [0.1, 0.15) is 50.3 Å². The number of rotatable bonds is 1. The molecule has 2 saturated heterocycles. The van der Waals surface area contributed by atoms with Crippen LogP contribution >= 0.6 is 0 Å². The Balaban J connectivity index is 1.80. The molecular formula is C20H26N2O. The molecule has 1 spiro atoms. The number of hydrogen-bond acceptors (Lipinski definition) is 2. The highest BCUT2D eigenvalue weighted by atomic mass is 16.5. The van der Waals surface area contributed by atoms with Gasteiger partial charge in [-0.2, -0.15) is 0 Å². The first-order valence-electron chi connectivity index (χ1n) is 9.30. The molecule has 0 amide bonds. The summed E-state index contributed by atoms with van der Waals surface area (Å²) in [5.41, 5.74) is 4.24. The second-order valence-electron chi connectivity index (χ2n) is 7.59. The lowest BCUT2D eigenvalue weighted by Crippen LogP contribution is -2.66. The highest BCUT2D eigenvalue weighted by molar-refractivity contribution is 5.85. The zero-order valence-corrected chi connectivity index (χ0v) is 14.0. The van der Waals surface area contributed by atoms with E-state index in [9.17, 15) is 0 Å². The monoisotopic (exact) mass is 310 g/mol. The fourth-order valence-electron chi connectivity index (χ4n) is 5.79. The molecule has 1 N–H and O–H groups in total. The van der Waals surface area contributed by atoms with E-state index < -0.39 is 0 Å². The number of aromatic nitrogens is 1. The quantitative estimate of drug-likeness (QED) is 0.856. The van der Waals surface area contributed by atoms with Crippen LogP contribution in [0.3, 0.4) is 0 Å². The number of nitrogens with one attached hydrogen (secondary N) is 1. The lowest BCUT2D eigenvalue weighted by atomic mass is 9.61. The zero-order chi connectivity index (χ0) is 15.5. The molecule has 0 unspecified atom stereocenters. The molecule has 2 aromatic rings. The van der Waals surface area contributed by atoms with Crippen LogP contribution in [-0.4, -0.2) is 29.6 Å². The molecule has 3 aliphatic heterocycles. The molecule has 0 radical (unpaired) electrons. The topological polar surface area (TPSA) is 28.3 Å². The molecule has 0 aliphatic carbocycles. The predicted molar refractivity (Wildman–Crippen MR) is 92.4 cm³/mol. The predicted octanol–water partition coefficient (Wildman–Crippen LogP) is 4.18. The van der Waals surface area contributed by atoms with Crippen molar-refractivity contribution in [3.05, 3.63) is 35.5 Å². The maximum absolute atomic E-state index is 6.72. The van der Waals surface area contributed by atoms with Crippen LogP contribution in [0.25, 0.3) is 10.9 Å². The number of piperidine rings is 1. The number of hydrogen-bond donors (Lipinski definition) is 1. The van der Waals surface area contributed by atoms with E-state index in [0.29, 0.717) is 0 Å². The highest BCUT2D eigenvalue weighted by Crippen LogP contribution is 2.60. The summed E-state index contributed by atoms with van der Waals surface area (Å²) < 4.78 is 6.72. The molecule has 3 heteroatoms. The molecule has 5 rings (SSSR count). The van der Waals surface area contributed by atoms with Crippen LogP contribution in [0, 0.1) is 5.41 Å². The molecule has 0 bridgehead atoms. The molecule has 2 fully saturated rings. The van der Waals surface area contributed by atoms with Gasteiger partial charge in [0.2, 0.25) is 0 Å². The second-order valence-corrected chi connectivity index (χ2v) is 7.59. The Labute approximate surface area is 138 Å². The van der Waals surface area contributed by atoms with E-state index in [-0.39, 0.29) is 11.1 Å². The smallest absolute Gasteiger partial charge is 0.168 e. The third-order valence-corrected chi connectivity index (χ3v) is 6.82. The van der Waals surface area contributed by atoms with Crippen molar-refractivity contribution in [2.75, 3.05) is 19.7 Å². The number of ether oxygens (including phenoxy) is 1. The van der Waals surface area contributed by atoms with Crippen molar-refractivity contribution in [3.63, 3.8) is 0 Å². The van der Waals surface area contributed by atoms with Crippen LogP contribution in [0.4, 0.5) is 0 Å². The second kappa shape index (κ2) is 4.84. The Hall–Kier alpha value is -1.32. The van der Waals surface area contributed by atoms with E-state index in [1.165, 1.54) is 60.8 Å². The van der Waals surface area contributed by atoms with Crippen molar-refractivity contribution in [2.45, 2.75) is 51.2 Å². The average Bonchev–Trinajstić information content (AvgIpc) is 3.00. The van der Waals surface area contributed by atoms with Crippen molar-refractivity contribution < 1.29 is 4.74 Å². The molecule has 2 atom stereocenters. The van der Waals surface area contributed by atoms with Gasteiger partial charge < -0.3 is 9.72 Å². The minimum Gasteiger partial charge on any atom is -0.355 e. The van der Waals surface area contributed by atoms with Gasteiger partial charge in [-0.15, -0.1) is 0 Å². The van der Waals surface area contributed by atoms with Gasteiger partial charge in [-0.05, 0) is 50.2 Å². The van der Waals surface area contributed by atoms with Crippen LogP contribution in [0.2, 0.25) is 0 Å². The Morgan fingerprint density at radius 3 is 2.96 bits per heavy atom. The molecule has 3 aliphatic rings. The summed E-state index contributed by atoms with van der Waals surface area (Å²) in [6.45, 7) is 5.58. The Bertz CT molecular complexity index is 747. The molecule has 0 saturated carbocycles. The Kier molecular flexibility index (Phi) is 2.96. The van der Waals surface area contributed by atoms with Gasteiger partial charge in [0, 0.05) is 36.0 Å². The average molecular weight is 310 g/mol. The third kappa shape index (κ3) is 1.62. The fraction of sp³-hybridized carbons (Fsp3) is 0.600. The van der Waals surface area contributed by atoms with Gasteiger partial charge in [-0.3, -0.25) is 4.90 Å². The van der Waals surface area contributed by atoms with Gasteiger partial charge in [0.1, 0.15) is 0 Å². The molecule has 3 nitrogen and oxygen atoms in total. The Morgan fingerprint density at radius 2 is 2.04 bits per heavy atom. The summed E-state index contributed by atoms with van der Waals surface area (Å²) in [7, 11) is 0. The van der Waals surface area contributed by atoms with Gasteiger partial charge in [-0.25, -0.2) is 0 Å². The zero-order valence-electron chi connectivity index (χ0n) is 14.0. The van der Waals surface area contributed by atoms with Crippen molar-refractivity contribution in [2.24, 2.45) is 5.41 Å². The molecule has 1 aromatic heterocycles. The van der Waals surface area contributed by atoms with Crippen molar-refractivity contribution in [3.8, 4) is 0 Å². The number of fused-ring (bicyclic) bond motifs is 3. The van der Waals surface area contributed by atoms with E-state index in [4.69, 9.17) is 4.74 Å². The summed E-state index contributed by atoms with van der Waals surface area (Å²) in [5.74, 6) is 0. The lowest BCUT2D eigenvalue weighted by Gasteiger charge is -2.62. The lowest BCUT2D eigenvalue weighted by molar-refractivity contribution is -0.290. The number of para-hydroxylation sites is 1. The minimum atomic E-state index is -0.204. The maximum atomic E-state index is 6.72. The minimum absolute atomic E-state index is 0.204. The van der Waals surface area contributed by atoms with Crippen LogP contribution in [0.15, 0.2) is 24.3 Å². The normalized spacial score (nSPS) is 34.0. The van der Waals surface area contributed by atoms with Gasteiger partial charge in [-0.1, -0.05) is 25.1 Å². The van der Waals surface area contributed by atoms with E-state index in [1.54, 1.807) is 0 Å². The maximum Gasteiger partial charge on any atom is 0.168 e. The standard InChI is InChI=1S/C20H26N2O/c1-2-19-10-5-12-22-13-9-16-15-7-3-4-8-17(15)21-18(16)20(19,22)23-14-6-11-19/h3-4,7-8,21H,2,5-6,9-14H2,1H3/t19-,20+/m0/s1. The fourth-order valence-corrected chi connectivity index (χ4v) is 5.79. The number of nitrogens with zero attached hydrogens (tertiary/aromatic N) is 1. The number of aromatic amines is 1. The summed E-state index contributed by atoms with van der Waals surface area (Å²) in [6.07, 6.45) is 7.47. The van der Waals surface area contributed by atoms with Gasteiger partial charge in [0.25, 0.3) is 0 Å². The van der Waals surface area contributed by atoms with Crippen molar-refractivity contribution >= 4 is 10.9 Å². The van der Waals surface area contributed by atoms with E-state index in [1.807, 2.05) is 0 Å². The number of H-pyrrole nitrogens is 1. The van der Waals surface area contributed by atoms with Gasteiger partial charge in [0.15, 0.2) is 5.72 Å². The molecule has 122 valence electrons. The van der Waals surface area contributed by atoms with Crippen LogP contribution in [-0.2, 0) is 16.9 Å². The summed E-state index contributed by atoms with van der Waals surface area (Å²) in [6, 6.07) is 8.79. The summed E-state index contributed by atoms with van der Waals surface area (Å²) in [5, 5.41) is 1.40. The van der Waals surface area contributed by atoms with E-state index in [2.05, 4.69) is 41.1 Å². The highest BCUT2D eigenvalue weighted by Gasteiger charge is 2.61. The van der Waals surface area contributed by atoms with Crippen molar-refractivity contribution in [1.29, 1.82) is 0 Å². The van der Waals surface area contributed by atoms with Crippen LogP contribution in [0.5, 0.6) is 0 Å². The first-order chi connectivity index (χ1) is 11.3. The SMILES string of the molecule is CC[C@]12CCCO[C@]13c1[nH]c4ccccc4c1CCN3CCC2. The Morgan fingerprint density at radius 1 is 1.17 bits per heavy atom. The van der Waals surface area contributed by atoms with E-state index in [0.717, 1.165) is 19.6 Å². The first-order valence-corrected chi connectivity index (χ1v) is 9.30. The first kappa shape index (κ1) is 14.1. The van der Waals surface area contributed by atoms with Gasteiger partial charge >= 0.3 is 0 Å². The van der Waals surface area contributed by atoms with E-state index >= 15 is 0 Å². The molecule has 23 heavy (non-hydrogen) atoms. The molecular weight excluding hydrogens is 284 g/mol. The van der Waals surface area contributed by atoms with Gasteiger partial charge in [0.05, 0.1) is 5.69 Å². The third-order valence-electron chi connectivity index (χ3n) is 6.82. The molecule has 1 aromatic carbocycles. The largest absolute Gasteiger partial charge is 0.355 e. The molecule has 4 heterocycles. The summed E-state index contributed by atoms with van der Waals surface area (Å²) in [4.78, 5) is 6.46. The number of benzene rings is 1. The summed E-state index contributed by atoms with van der Waals surface area (Å²) >= 11 is 0.